The molecule has 11 nitrogen and oxygen atoms in total. The van der Waals surface area contributed by atoms with Gasteiger partial charge in [0, 0.05) is 27.7 Å². The van der Waals surface area contributed by atoms with Crippen molar-refractivity contribution in [2.45, 2.75) is 65.3 Å². The second kappa shape index (κ2) is 12.7. The van der Waals surface area contributed by atoms with Crippen LogP contribution in [0.5, 0.6) is 11.5 Å². The third kappa shape index (κ3) is 7.99. The van der Waals surface area contributed by atoms with Gasteiger partial charge in [-0.3, -0.25) is 19.2 Å². The minimum atomic E-state index is -1.24. The van der Waals surface area contributed by atoms with E-state index in [1.54, 1.807) is 18.2 Å². The number of nitrogens with one attached hydrogen (secondary N) is 1. The van der Waals surface area contributed by atoms with Crippen LogP contribution < -0.4 is 14.8 Å². The summed E-state index contributed by atoms with van der Waals surface area (Å²) in [7, 11) is 1.47. The number of ether oxygens (including phenoxy) is 6. The van der Waals surface area contributed by atoms with Crippen LogP contribution in [-0.2, 0) is 38.1 Å². The van der Waals surface area contributed by atoms with Crippen molar-refractivity contribution in [3.05, 3.63) is 29.8 Å². The van der Waals surface area contributed by atoms with Gasteiger partial charge in [0.1, 0.15) is 18.8 Å². The van der Waals surface area contributed by atoms with Crippen LogP contribution in [0.3, 0.4) is 0 Å². The lowest BCUT2D eigenvalue weighted by molar-refractivity contribution is -0.257. The topological polar surface area (TPSA) is 136 Å². The molecule has 0 saturated carbocycles. The Balaban J connectivity index is 2.51. The average molecular weight is 494 g/mol. The van der Waals surface area contributed by atoms with Gasteiger partial charge in [0.2, 0.25) is 12.2 Å². The molecule has 1 aliphatic heterocycles. The zero-order chi connectivity index (χ0) is 26.1. The van der Waals surface area contributed by atoms with Gasteiger partial charge in [-0.05, 0) is 24.6 Å². The summed E-state index contributed by atoms with van der Waals surface area (Å²) < 4.78 is 33.4. The Morgan fingerprint density at radius 2 is 1.63 bits per heavy atom. The Labute approximate surface area is 203 Å². The highest BCUT2D eigenvalue weighted by molar-refractivity contribution is 5.73. The lowest BCUT2D eigenvalue weighted by Gasteiger charge is -2.44. The van der Waals surface area contributed by atoms with Crippen LogP contribution in [0.1, 0.15) is 40.2 Å². The molecule has 0 aliphatic carbocycles. The van der Waals surface area contributed by atoms with Crippen LogP contribution in [0.4, 0.5) is 0 Å². The fourth-order valence-electron chi connectivity index (χ4n) is 3.59. The summed E-state index contributed by atoms with van der Waals surface area (Å²) in [6, 6.07) is 4.10. The van der Waals surface area contributed by atoms with Crippen molar-refractivity contribution in [1.82, 2.24) is 5.32 Å². The van der Waals surface area contributed by atoms with E-state index in [0.29, 0.717) is 5.75 Å². The van der Waals surface area contributed by atoms with Crippen LogP contribution in [0.25, 0.3) is 6.08 Å². The van der Waals surface area contributed by atoms with E-state index in [2.05, 4.69) is 5.32 Å². The Kier molecular flexibility index (Phi) is 10.1. The minimum absolute atomic E-state index is 0.278. The molecule has 1 heterocycles. The Morgan fingerprint density at radius 3 is 2.17 bits per heavy atom. The minimum Gasteiger partial charge on any atom is -0.493 e. The van der Waals surface area contributed by atoms with E-state index in [4.69, 9.17) is 28.4 Å². The maximum atomic E-state index is 12.0. The molecule has 0 unspecified atom stereocenters. The highest BCUT2D eigenvalue weighted by Gasteiger charge is 2.52. The van der Waals surface area contributed by atoms with Gasteiger partial charge in [0.15, 0.2) is 23.7 Å². The first-order valence-electron chi connectivity index (χ1n) is 10.9. The van der Waals surface area contributed by atoms with Crippen LogP contribution in [0.2, 0.25) is 0 Å². The van der Waals surface area contributed by atoms with Crippen molar-refractivity contribution in [1.29, 1.82) is 0 Å². The smallest absolute Gasteiger partial charge is 0.303 e. The summed E-state index contributed by atoms with van der Waals surface area (Å²) >= 11 is 0. The van der Waals surface area contributed by atoms with Crippen molar-refractivity contribution in [3.63, 3.8) is 0 Å². The second-order valence-corrected chi connectivity index (χ2v) is 7.75. The maximum absolute atomic E-state index is 12.0. The number of esters is 3. The normalized spacial score (nSPS) is 23.8. The standard InChI is InChI=1S/C24H31NO10/c1-7-8-17-9-10-18(19(11-17)30-6)34-24-21(25-13(2)26)23(33-16(5)29)22(32-15(4)28)20(35-24)12-31-14(3)27/h7-11,20-24H,12H2,1-6H3,(H,25,26)/b8-7+/t20-,21-,22+,23-,24+/m0/s1. The first-order chi connectivity index (χ1) is 16.5. The second-order valence-electron chi connectivity index (χ2n) is 7.75. The molecular formula is C24H31NO10. The molecule has 0 aromatic heterocycles. The van der Waals surface area contributed by atoms with Crippen molar-refractivity contribution < 1.29 is 47.6 Å². The zero-order valence-electron chi connectivity index (χ0n) is 20.6. The van der Waals surface area contributed by atoms with Gasteiger partial charge in [-0.15, -0.1) is 0 Å². The number of benzene rings is 1. The Bertz CT molecular complexity index is 960. The monoisotopic (exact) mass is 493 g/mol. The van der Waals surface area contributed by atoms with E-state index >= 15 is 0 Å². The molecule has 1 aromatic carbocycles. The molecule has 5 atom stereocenters. The molecule has 35 heavy (non-hydrogen) atoms. The van der Waals surface area contributed by atoms with Crippen LogP contribution in [-0.4, -0.2) is 68.2 Å². The number of hydrogen-bond donors (Lipinski definition) is 1. The summed E-state index contributed by atoms with van der Waals surface area (Å²) in [6.07, 6.45) is -0.990. The molecule has 1 amide bonds. The lowest BCUT2D eigenvalue weighted by Crippen LogP contribution is -2.67. The van der Waals surface area contributed by atoms with Gasteiger partial charge in [-0.25, -0.2) is 0 Å². The largest absolute Gasteiger partial charge is 0.493 e. The zero-order valence-corrected chi connectivity index (χ0v) is 20.6. The molecule has 0 spiro atoms. The van der Waals surface area contributed by atoms with Gasteiger partial charge >= 0.3 is 17.9 Å². The molecule has 0 radical (unpaired) electrons. The number of rotatable bonds is 9. The van der Waals surface area contributed by atoms with Gasteiger partial charge in [0.25, 0.3) is 0 Å². The van der Waals surface area contributed by atoms with E-state index < -0.39 is 54.5 Å². The molecular weight excluding hydrogens is 462 g/mol. The number of hydrogen-bond acceptors (Lipinski definition) is 10. The third-order valence-electron chi connectivity index (χ3n) is 4.86. The molecule has 1 aliphatic rings. The summed E-state index contributed by atoms with van der Waals surface area (Å²) in [4.78, 5) is 47.3. The van der Waals surface area contributed by atoms with E-state index in [-0.39, 0.29) is 12.4 Å². The van der Waals surface area contributed by atoms with Crippen molar-refractivity contribution >= 4 is 29.9 Å². The van der Waals surface area contributed by atoms with Gasteiger partial charge in [-0.1, -0.05) is 18.2 Å². The summed E-state index contributed by atoms with van der Waals surface area (Å²) in [5.41, 5.74) is 0.861. The first kappa shape index (κ1) is 27.6. The quantitative estimate of drug-likeness (QED) is 0.400. The average Bonchev–Trinajstić information content (AvgIpc) is 2.76. The Hall–Kier alpha value is -3.60. The van der Waals surface area contributed by atoms with Gasteiger partial charge in [0.05, 0.1) is 7.11 Å². The van der Waals surface area contributed by atoms with E-state index in [1.165, 1.54) is 34.8 Å². The number of amides is 1. The van der Waals surface area contributed by atoms with Crippen molar-refractivity contribution in [2.24, 2.45) is 0 Å². The molecule has 1 saturated heterocycles. The molecule has 1 aromatic rings. The van der Waals surface area contributed by atoms with Crippen molar-refractivity contribution in [2.75, 3.05) is 13.7 Å². The number of carbonyl (C=O) groups is 4. The predicted octanol–water partition coefficient (Wildman–Crippen LogP) is 1.76. The fourth-order valence-corrected chi connectivity index (χ4v) is 3.59. The third-order valence-corrected chi connectivity index (χ3v) is 4.86. The number of carbonyl (C=O) groups excluding carboxylic acids is 4. The molecule has 1 N–H and O–H groups in total. The Morgan fingerprint density at radius 1 is 0.971 bits per heavy atom. The summed E-state index contributed by atoms with van der Waals surface area (Å²) in [6.45, 7) is 6.36. The van der Waals surface area contributed by atoms with Crippen LogP contribution in [0, 0.1) is 0 Å². The molecule has 192 valence electrons. The maximum Gasteiger partial charge on any atom is 0.303 e. The highest BCUT2D eigenvalue weighted by atomic mass is 16.7. The highest BCUT2D eigenvalue weighted by Crippen LogP contribution is 2.34. The SMILES string of the molecule is C/C=C/c1ccc(O[C@@H]2O[C@@H](COC(C)=O)[C@@H](OC(C)=O)[C@@H](OC(C)=O)[C@@H]2NC(C)=O)c(OC)c1. The number of allylic oxidation sites excluding steroid dienone is 1. The van der Waals surface area contributed by atoms with E-state index in [1.807, 2.05) is 19.1 Å². The van der Waals surface area contributed by atoms with E-state index in [9.17, 15) is 19.2 Å². The van der Waals surface area contributed by atoms with Crippen LogP contribution in [0.15, 0.2) is 24.3 Å². The summed E-state index contributed by atoms with van der Waals surface area (Å²) in [5.74, 6) is -1.79. The van der Waals surface area contributed by atoms with Crippen molar-refractivity contribution in [3.8, 4) is 11.5 Å². The molecule has 11 heteroatoms. The van der Waals surface area contributed by atoms with Gasteiger partial charge in [-0.2, -0.15) is 0 Å². The fraction of sp³-hybridized carbons (Fsp3) is 0.500. The number of methoxy groups -OCH3 is 1. The van der Waals surface area contributed by atoms with E-state index in [0.717, 1.165) is 5.56 Å². The van der Waals surface area contributed by atoms with Gasteiger partial charge < -0.3 is 33.7 Å². The van der Waals surface area contributed by atoms with Crippen LogP contribution >= 0.6 is 0 Å². The first-order valence-corrected chi connectivity index (χ1v) is 10.9. The predicted molar refractivity (Wildman–Crippen MR) is 122 cm³/mol. The molecule has 1 fully saturated rings. The lowest BCUT2D eigenvalue weighted by atomic mass is 9.96. The molecule has 0 bridgehead atoms. The molecule has 2 rings (SSSR count). The summed E-state index contributed by atoms with van der Waals surface area (Å²) in [5, 5.41) is 2.65.